The fourth-order valence-corrected chi connectivity index (χ4v) is 10.5. The average Bonchev–Trinajstić information content (AvgIpc) is 3.84. The zero-order valence-corrected chi connectivity index (χ0v) is 25.6. The molecule has 238 valence electrons. The van der Waals surface area contributed by atoms with Crippen LogP contribution in [0.15, 0.2) is 84.0 Å². The van der Waals surface area contributed by atoms with Crippen LogP contribution in [0.1, 0.15) is 34.6 Å². The second-order valence-electron chi connectivity index (χ2n) is 14.0. The van der Waals surface area contributed by atoms with Crippen LogP contribution >= 0.6 is 0 Å². The Labute approximate surface area is 274 Å². The molecule has 8 atom stereocenters. The Kier molecular flexibility index (Phi) is 5.25. The number of hydrogen-bond donors (Lipinski definition) is 0. The van der Waals surface area contributed by atoms with Gasteiger partial charge in [0, 0.05) is 18.2 Å². The first-order valence-corrected chi connectivity index (χ1v) is 16.3. The Morgan fingerprint density at radius 2 is 1.44 bits per heavy atom. The fraction of sp³-hybridized carbons (Fsp3) is 0.324. The quantitative estimate of drug-likeness (QED) is 0.134. The maximum absolute atomic E-state index is 14.8. The summed E-state index contributed by atoms with van der Waals surface area (Å²) >= 11 is 0. The first-order chi connectivity index (χ1) is 23.3. The van der Waals surface area contributed by atoms with Crippen LogP contribution in [-0.2, 0) is 24.6 Å². The van der Waals surface area contributed by atoms with E-state index in [0.717, 1.165) is 38.6 Å². The van der Waals surface area contributed by atoms with Gasteiger partial charge >= 0.3 is 0 Å². The molecule has 4 bridgehead atoms. The molecule has 7 aliphatic carbocycles. The molecule has 3 aromatic carbocycles. The predicted octanol–water partition coefficient (Wildman–Crippen LogP) is 4.19. The lowest BCUT2D eigenvalue weighted by atomic mass is 9.47. The van der Waals surface area contributed by atoms with Gasteiger partial charge in [-0.15, -0.1) is 0 Å². The molecule has 11 nitrogen and oxygen atoms in total. The first-order valence-electron chi connectivity index (χ1n) is 16.3. The van der Waals surface area contributed by atoms with Crippen molar-refractivity contribution in [2.24, 2.45) is 52.4 Å². The molecule has 0 aromatic heterocycles. The minimum Gasteiger partial charge on any atom is -0.494 e. The van der Waals surface area contributed by atoms with Crippen LogP contribution in [0.2, 0.25) is 0 Å². The third-order valence-corrected chi connectivity index (χ3v) is 12.3. The minimum atomic E-state index is -1.30. The summed E-state index contributed by atoms with van der Waals surface area (Å²) in [6.45, 7) is 0. The number of nitrogens with zero attached hydrogens (tertiary/aromatic N) is 4. The second-order valence-corrected chi connectivity index (χ2v) is 14.0. The van der Waals surface area contributed by atoms with Gasteiger partial charge in [0.05, 0.1) is 52.9 Å². The number of rotatable bonds is 5. The molecule has 0 spiro atoms. The zero-order valence-electron chi connectivity index (χ0n) is 25.6. The van der Waals surface area contributed by atoms with Gasteiger partial charge in [-0.05, 0) is 58.4 Å². The topological polar surface area (TPSA) is 139 Å². The van der Waals surface area contributed by atoms with E-state index in [1.54, 1.807) is 6.21 Å². The van der Waals surface area contributed by atoms with Crippen LogP contribution in [-0.4, -0.2) is 46.9 Å². The highest BCUT2D eigenvalue weighted by Crippen LogP contribution is 2.66. The number of carbonyl (C=O) groups excluding carboxylic acids is 4. The number of nitro groups is 1. The molecule has 9 aliphatic rings. The molecule has 2 heterocycles. The van der Waals surface area contributed by atoms with Crippen molar-refractivity contribution in [1.82, 2.24) is 5.01 Å². The van der Waals surface area contributed by atoms with Crippen LogP contribution in [0.4, 0.5) is 11.4 Å². The number of ether oxygens (including phenoxy) is 1. The summed E-state index contributed by atoms with van der Waals surface area (Å²) in [5.74, 6) is -3.72. The lowest BCUT2D eigenvalue weighted by molar-refractivity contribution is -0.384. The standard InChI is InChI=1S/C37H28N4O7/c1-48-27-14-17(41(46)47)10-13-26(27)39-33(42)31-28-20-6-2-4-8-24(20)37(32(31)36(39)45,25-9-5-3-7-21(25)28)16-38-40-34(43)29-18-11-12-19(23-15-22(18)23)30(29)35(40)44/h2-14,16,18-19,22-23,28-32H,15H2,1H3/b38-16-/t18-,19-,22-,23+,28?,29+,30+,31+,32+,37?/m0/s1. The molecule has 4 amide bonds. The summed E-state index contributed by atoms with van der Waals surface area (Å²) in [4.78, 5) is 69.4. The first kappa shape index (κ1) is 27.6. The van der Waals surface area contributed by atoms with E-state index in [0.29, 0.717) is 11.8 Å². The molecular formula is C37H28N4O7. The van der Waals surface area contributed by atoms with E-state index in [4.69, 9.17) is 9.84 Å². The fourth-order valence-electron chi connectivity index (χ4n) is 10.5. The number of imide groups is 2. The molecule has 3 aromatic rings. The van der Waals surface area contributed by atoms with Crippen molar-refractivity contribution in [3.05, 3.63) is 111 Å². The van der Waals surface area contributed by atoms with E-state index in [9.17, 15) is 29.3 Å². The third kappa shape index (κ3) is 3.12. The van der Waals surface area contributed by atoms with Gasteiger partial charge in [0.15, 0.2) is 0 Å². The van der Waals surface area contributed by atoms with Gasteiger partial charge in [0.2, 0.25) is 11.8 Å². The molecule has 0 N–H and O–H groups in total. The lowest BCUT2D eigenvalue weighted by Crippen LogP contribution is -2.55. The SMILES string of the molecule is COc1cc([N+](=O)[O-])ccc1N1C(=O)[C@@H]2C3c4ccccc4C(/C=N\N4C(=O)[C@@H]5[C@H]6C=C[C@@H]([C@@H]7C[C@H]67)[C@H]5C4=O)(c4ccccc43)[C@H]2C1=O. The largest absolute Gasteiger partial charge is 0.494 e. The number of amides is 4. The highest BCUT2D eigenvalue weighted by Gasteiger charge is 2.70. The molecule has 2 aliphatic heterocycles. The van der Waals surface area contributed by atoms with Crippen molar-refractivity contribution in [3.63, 3.8) is 0 Å². The second kappa shape index (κ2) is 9.12. The van der Waals surface area contributed by atoms with E-state index >= 15 is 0 Å². The van der Waals surface area contributed by atoms with Crippen molar-refractivity contribution in [2.75, 3.05) is 12.0 Å². The van der Waals surface area contributed by atoms with Gasteiger partial charge in [0.1, 0.15) is 5.75 Å². The Balaban J connectivity index is 1.14. The number of carbonyl (C=O) groups is 4. The molecule has 2 saturated carbocycles. The van der Waals surface area contributed by atoms with E-state index in [1.807, 2.05) is 48.5 Å². The molecule has 0 unspecified atom stereocenters. The minimum absolute atomic E-state index is 0.0202. The average molecular weight is 641 g/mol. The van der Waals surface area contributed by atoms with Crippen molar-refractivity contribution in [1.29, 1.82) is 0 Å². The van der Waals surface area contributed by atoms with Crippen molar-refractivity contribution in [2.45, 2.75) is 17.8 Å². The number of hydrogen-bond acceptors (Lipinski definition) is 8. The Hall–Kier alpha value is -5.45. The number of methoxy groups -OCH3 is 1. The number of hydrazone groups is 1. The lowest BCUT2D eigenvalue weighted by Gasteiger charge is -2.52. The smallest absolute Gasteiger partial charge is 0.273 e. The van der Waals surface area contributed by atoms with E-state index < -0.39 is 51.7 Å². The Bertz CT molecular complexity index is 2040. The number of anilines is 1. The van der Waals surface area contributed by atoms with Gasteiger partial charge in [-0.3, -0.25) is 29.3 Å². The highest BCUT2D eigenvalue weighted by molar-refractivity contribution is 6.25. The van der Waals surface area contributed by atoms with E-state index in [-0.39, 0.29) is 40.8 Å². The van der Waals surface area contributed by atoms with Crippen molar-refractivity contribution >= 4 is 41.2 Å². The summed E-state index contributed by atoms with van der Waals surface area (Å²) < 4.78 is 5.47. The summed E-state index contributed by atoms with van der Waals surface area (Å²) in [7, 11) is 1.33. The summed E-state index contributed by atoms with van der Waals surface area (Å²) in [5, 5.41) is 17.3. The van der Waals surface area contributed by atoms with Crippen LogP contribution in [0.5, 0.6) is 5.75 Å². The monoisotopic (exact) mass is 640 g/mol. The molecule has 4 fully saturated rings. The van der Waals surface area contributed by atoms with E-state index in [1.165, 1.54) is 25.3 Å². The number of non-ortho nitro benzene ring substituents is 1. The van der Waals surface area contributed by atoms with Gasteiger partial charge < -0.3 is 4.74 Å². The zero-order chi connectivity index (χ0) is 32.8. The molecule has 0 radical (unpaired) electrons. The van der Waals surface area contributed by atoms with Crippen molar-refractivity contribution in [3.8, 4) is 5.75 Å². The maximum atomic E-state index is 14.8. The van der Waals surface area contributed by atoms with Crippen molar-refractivity contribution < 1.29 is 28.8 Å². The van der Waals surface area contributed by atoms with Crippen LogP contribution in [0.3, 0.4) is 0 Å². The predicted molar refractivity (Wildman–Crippen MR) is 170 cm³/mol. The molecule has 48 heavy (non-hydrogen) atoms. The van der Waals surface area contributed by atoms with E-state index in [2.05, 4.69) is 12.2 Å². The molecule has 2 saturated heterocycles. The third-order valence-electron chi connectivity index (χ3n) is 12.3. The van der Waals surface area contributed by atoms with Gasteiger partial charge in [-0.2, -0.15) is 10.1 Å². The van der Waals surface area contributed by atoms with Crippen LogP contribution in [0.25, 0.3) is 0 Å². The molecule has 12 rings (SSSR count). The number of benzene rings is 3. The van der Waals surface area contributed by atoms with Gasteiger partial charge in [-0.25, -0.2) is 4.90 Å². The van der Waals surface area contributed by atoms with Crippen LogP contribution < -0.4 is 9.64 Å². The molecule has 11 heteroatoms. The maximum Gasteiger partial charge on any atom is 0.273 e. The normalized spacial score (nSPS) is 35.9. The molecular weight excluding hydrogens is 612 g/mol. The van der Waals surface area contributed by atoms with Gasteiger partial charge in [-0.1, -0.05) is 60.7 Å². The Morgan fingerprint density at radius 1 is 0.833 bits per heavy atom. The highest BCUT2D eigenvalue weighted by atomic mass is 16.6. The van der Waals surface area contributed by atoms with Gasteiger partial charge in [0.25, 0.3) is 17.5 Å². The number of nitro benzene ring substituents is 1. The Morgan fingerprint density at radius 3 is 2.02 bits per heavy atom. The van der Waals surface area contributed by atoms with Crippen LogP contribution in [0, 0.1) is 57.5 Å². The summed E-state index contributed by atoms with van der Waals surface area (Å²) in [6, 6.07) is 19.1. The summed E-state index contributed by atoms with van der Waals surface area (Å²) in [5.41, 5.74) is 1.90. The number of allylic oxidation sites excluding steroid dienone is 2. The summed E-state index contributed by atoms with van der Waals surface area (Å²) in [6.07, 6.45) is 6.84.